The van der Waals surface area contributed by atoms with Crippen LogP contribution in [0.5, 0.6) is 5.75 Å². The third-order valence-corrected chi connectivity index (χ3v) is 5.86. The van der Waals surface area contributed by atoms with Gasteiger partial charge in [0, 0.05) is 19.5 Å². The summed E-state index contributed by atoms with van der Waals surface area (Å²) in [7, 11) is 4.25. The Kier molecular flexibility index (Phi) is 12.7. The Hall–Kier alpha value is -1.96. The second-order valence-corrected chi connectivity index (χ2v) is 10.6. The van der Waals surface area contributed by atoms with Crippen LogP contribution in [-0.2, 0) is 11.2 Å². The first kappa shape index (κ1) is 29.3. The molecule has 6 nitrogen and oxygen atoms in total. The molecule has 0 radical (unpaired) electrons. The van der Waals surface area contributed by atoms with Crippen molar-refractivity contribution in [3.05, 3.63) is 65.2 Å². The molecule has 0 amide bonds. The monoisotopic (exact) mass is 486 g/mol. The minimum atomic E-state index is -0.459. The molecular weight excluding hydrogens is 440 g/mol. The number of nitrogens with zero attached hydrogens (tertiary/aromatic N) is 1. The fourth-order valence-corrected chi connectivity index (χ4v) is 4.25. The lowest BCUT2D eigenvalue weighted by Gasteiger charge is -2.28. The fourth-order valence-electron chi connectivity index (χ4n) is 4.25. The van der Waals surface area contributed by atoms with E-state index in [2.05, 4.69) is 93.6 Å². The summed E-state index contributed by atoms with van der Waals surface area (Å²) in [5.74, 6) is 0.955. The normalized spacial score (nSPS) is 18.2. The third kappa shape index (κ3) is 12.5. The molecule has 6 heteroatoms. The highest BCUT2D eigenvalue weighted by Crippen LogP contribution is 2.18. The molecule has 0 aromatic heterocycles. The molecule has 1 heterocycles. The van der Waals surface area contributed by atoms with Crippen LogP contribution in [0.3, 0.4) is 0 Å². The van der Waals surface area contributed by atoms with E-state index in [0.717, 1.165) is 44.8 Å². The van der Waals surface area contributed by atoms with Crippen LogP contribution >= 0.6 is 0 Å². The highest BCUT2D eigenvalue weighted by atomic mass is 16.5. The van der Waals surface area contributed by atoms with Crippen LogP contribution in [0.4, 0.5) is 0 Å². The second kappa shape index (κ2) is 15.2. The van der Waals surface area contributed by atoms with Gasteiger partial charge in [0.25, 0.3) is 0 Å². The molecule has 2 unspecified atom stereocenters. The summed E-state index contributed by atoms with van der Waals surface area (Å²) in [6.45, 7) is 11.4. The molecule has 1 aliphatic rings. The summed E-state index contributed by atoms with van der Waals surface area (Å²) in [5, 5.41) is 21.1. The largest absolute Gasteiger partial charge is 0.494 e. The minimum Gasteiger partial charge on any atom is -0.494 e. The van der Waals surface area contributed by atoms with E-state index in [9.17, 15) is 0 Å². The average Bonchev–Trinajstić information content (AvgIpc) is 2.78. The molecule has 35 heavy (non-hydrogen) atoms. The zero-order valence-electron chi connectivity index (χ0n) is 22.3. The molecule has 1 saturated heterocycles. The van der Waals surface area contributed by atoms with Gasteiger partial charge in [0.05, 0.1) is 32.0 Å². The van der Waals surface area contributed by atoms with Crippen molar-refractivity contribution in [3.63, 3.8) is 0 Å². The number of ether oxygens (including phenoxy) is 2. The smallest absolute Gasteiger partial charge is 0.119 e. The number of benzene rings is 2. The molecule has 1 fully saturated rings. The fraction of sp³-hybridized carbons (Fsp3) is 0.586. The van der Waals surface area contributed by atoms with Crippen molar-refractivity contribution in [2.75, 3.05) is 53.6 Å². The van der Waals surface area contributed by atoms with Gasteiger partial charge in [0.2, 0.25) is 0 Å². The Morgan fingerprint density at radius 1 is 1.03 bits per heavy atom. The maximum absolute atomic E-state index is 8.79. The van der Waals surface area contributed by atoms with Crippen LogP contribution in [0, 0.1) is 12.3 Å². The summed E-state index contributed by atoms with van der Waals surface area (Å²) < 4.78 is 10.7. The van der Waals surface area contributed by atoms with E-state index in [1.54, 1.807) is 0 Å². The zero-order valence-corrected chi connectivity index (χ0v) is 22.3. The Morgan fingerprint density at radius 2 is 1.69 bits per heavy atom. The number of rotatable bonds is 11. The minimum absolute atomic E-state index is 0.289. The van der Waals surface area contributed by atoms with Crippen LogP contribution in [0.1, 0.15) is 43.4 Å². The SMILES string of the molecule is Cc1ccccc1Cc1ccc(OCCCNCC(C)(C)CN(C)C)cc1.OC1COCC(O)C1. The predicted molar refractivity (Wildman–Crippen MR) is 143 cm³/mol. The van der Waals surface area contributed by atoms with Crippen molar-refractivity contribution in [2.45, 2.75) is 52.2 Å². The van der Waals surface area contributed by atoms with Crippen LogP contribution in [0.15, 0.2) is 48.5 Å². The van der Waals surface area contributed by atoms with E-state index in [1.165, 1.54) is 16.7 Å². The molecule has 196 valence electrons. The summed E-state index contributed by atoms with van der Waals surface area (Å²) in [6.07, 6.45) is 1.53. The quantitative estimate of drug-likeness (QED) is 0.421. The van der Waals surface area contributed by atoms with Gasteiger partial charge >= 0.3 is 0 Å². The van der Waals surface area contributed by atoms with E-state index in [0.29, 0.717) is 19.6 Å². The van der Waals surface area contributed by atoms with Crippen molar-refractivity contribution in [2.24, 2.45) is 5.41 Å². The van der Waals surface area contributed by atoms with Crippen LogP contribution in [-0.4, -0.2) is 80.9 Å². The molecule has 0 bridgehead atoms. The zero-order chi connectivity index (χ0) is 25.7. The van der Waals surface area contributed by atoms with Crippen molar-refractivity contribution in [3.8, 4) is 5.75 Å². The van der Waals surface area contributed by atoms with E-state index in [4.69, 9.17) is 19.7 Å². The van der Waals surface area contributed by atoms with Crippen molar-refractivity contribution in [1.82, 2.24) is 10.2 Å². The second-order valence-electron chi connectivity index (χ2n) is 10.6. The van der Waals surface area contributed by atoms with E-state index in [1.807, 2.05) is 0 Å². The van der Waals surface area contributed by atoms with Gasteiger partial charge in [0.15, 0.2) is 0 Å². The molecule has 1 aliphatic heterocycles. The molecule has 2 atom stereocenters. The molecule has 0 saturated carbocycles. The molecular formula is C29H46N2O4. The highest BCUT2D eigenvalue weighted by molar-refractivity contribution is 5.34. The maximum atomic E-state index is 8.79. The number of aliphatic hydroxyl groups is 2. The first-order valence-electron chi connectivity index (χ1n) is 12.7. The van der Waals surface area contributed by atoms with Crippen LogP contribution < -0.4 is 10.1 Å². The van der Waals surface area contributed by atoms with Crippen molar-refractivity contribution in [1.29, 1.82) is 0 Å². The summed E-state index contributed by atoms with van der Waals surface area (Å²) >= 11 is 0. The van der Waals surface area contributed by atoms with Gasteiger partial charge in [-0.25, -0.2) is 0 Å². The summed E-state index contributed by atoms with van der Waals surface area (Å²) in [6, 6.07) is 17.1. The molecule has 2 aromatic carbocycles. The molecule has 3 rings (SSSR count). The van der Waals surface area contributed by atoms with Crippen molar-refractivity contribution < 1.29 is 19.7 Å². The molecule has 3 N–H and O–H groups in total. The standard InChI is InChI=1S/C24H36N2O.C5H10O3/c1-20-9-6-7-10-22(20)17-21-11-13-23(14-12-21)27-16-8-15-25-18-24(2,3)19-26(4)5;6-4-1-5(7)3-8-2-4/h6-7,9-14,25H,8,15-19H2,1-5H3;4-7H,1-3H2. The first-order chi connectivity index (χ1) is 16.6. The van der Waals surface area contributed by atoms with E-state index in [-0.39, 0.29) is 5.41 Å². The number of aliphatic hydroxyl groups excluding tert-OH is 2. The lowest BCUT2D eigenvalue weighted by atomic mass is 9.93. The highest BCUT2D eigenvalue weighted by Gasteiger charge is 2.18. The van der Waals surface area contributed by atoms with Gasteiger partial charge in [-0.15, -0.1) is 0 Å². The van der Waals surface area contributed by atoms with Gasteiger partial charge < -0.3 is 29.9 Å². The number of aryl methyl sites for hydroxylation is 1. The van der Waals surface area contributed by atoms with Gasteiger partial charge in [0.1, 0.15) is 5.75 Å². The van der Waals surface area contributed by atoms with Gasteiger partial charge in [-0.3, -0.25) is 0 Å². The number of hydrogen-bond donors (Lipinski definition) is 3. The van der Waals surface area contributed by atoms with Crippen molar-refractivity contribution >= 4 is 0 Å². The lowest BCUT2D eigenvalue weighted by molar-refractivity contribution is -0.0714. The Morgan fingerprint density at radius 3 is 2.26 bits per heavy atom. The molecule has 0 spiro atoms. The topological polar surface area (TPSA) is 74.2 Å². The molecule has 0 aliphatic carbocycles. The van der Waals surface area contributed by atoms with E-state index >= 15 is 0 Å². The Labute approximate surface area is 212 Å². The maximum Gasteiger partial charge on any atom is 0.119 e. The summed E-state index contributed by atoms with van der Waals surface area (Å²) in [4.78, 5) is 2.24. The van der Waals surface area contributed by atoms with E-state index < -0.39 is 12.2 Å². The Balaban J connectivity index is 0.000000456. The number of nitrogens with one attached hydrogen (secondary N) is 1. The summed E-state index contributed by atoms with van der Waals surface area (Å²) in [5.41, 5.74) is 4.34. The van der Waals surface area contributed by atoms with Gasteiger partial charge in [-0.1, -0.05) is 50.2 Å². The first-order valence-corrected chi connectivity index (χ1v) is 12.7. The van der Waals surface area contributed by atoms with Gasteiger partial charge in [-0.2, -0.15) is 0 Å². The third-order valence-electron chi connectivity index (χ3n) is 5.86. The predicted octanol–water partition coefficient (Wildman–Crippen LogP) is 3.66. The van der Waals surface area contributed by atoms with Gasteiger partial charge in [-0.05, 0) is 74.6 Å². The lowest BCUT2D eigenvalue weighted by Crippen LogP contribution is -2.38. The van der Waals surface area contributed by atoms with Crippen LogP contribution in [0.25, 0.3) is 0 Å². The van der Waals surface area contributed by atoms with Crippen LogP contribution in [0.2, 0.25) is 0 Å². The number of hydrogen-bond acceptors (Lipinski definition) is 6. The average molecular weight is 487 g/mol. The molecule has 2 aromatic rings. The Bertz CT molecular complexity index is 831.